The van der Waals surface area contributed by atoms with E-state index in [1.54, 1.807) is 6.20 Å². The normalized spacial score (nSPS) is 38.0. The highest BCUT2D eigenvalue weighted by Crippen LogP contribution is 2.63. The van der Waals surface area contributed by atoms with Crippen molar-refractivity contribution in [3.8, 4) is 0 Å². The number of amides is 1. The van der Waals surface area contributed by atoms with Gasteiger partial charge in [-0.1, -0.05) is 11.6 Å². The van der Waals surface area contributed by atoms with Crippen LogP contribution < -0.4 is 10.6 Å². The Morgan fingerprint density at radius 2 is 1.76 bits per heavy atom. The number of carbonyl (C=O) groups excluding carboxylic acids is 1. The minimum atomic E-state index is -0.607. The monoisotopic (exact) mass is 525 g/mol. The lowest BCUT2D eigenvalue weighted by Crippen LogP contribution is -2.59. The molecule has 1 amide bonds. The van der Waals surface area contributed by atoms with Gasteiger partial charge in [0.05, 0.1) is 5.52 Å². The van der Waals surface area contributed by atoms with Crippen molar-refractivity contribution in [1.29, 1.82) is 0 Å². The van der Waals surface area contributed by atoms with Crippen molar-refractivity contribution in [3.05, 3.63) is 35.5 Å². The maximum atomic E-state index is 12.6. The smallest absolute Gasteiger partial charge is 0.220 e. The Labute approximate surface area is 222 Å². The van der Waals surface area contributed by atoms with Crippen molar-refractivity contribution in [2.45, 2.75) is 75.8 Å². The first-order valence-electron chi connectivity index (χ1n) is 14.1. The third-order valence-corrected chi connectivity index (χ3v) is 9.99. The zero-order valence-corrected chi connectivity index (χ0v) is 22.0. The molecular weight excluding hydrogens is 490 g/mol. The van der Waals surface area contributed by atoms with Gasteiger partial charge >= 0.3 is 0 Å². The molecule has 2 spiro atoms. The van der Waals surface area contributed by atoms with Crippen LogP contribution in [0.2, 0.25) is 5.02 Å². The van der Waals surface area contributed by atoms with Gasteiger partial charge in [0, 0.05) is 66.5 Å². The molecular formula is C29H36ClN3O4. The predicted octanol–water partition coefficient (Wildman–Crippen LogP) is 5.82. The second kappa shape index (κ2) is 9.37. The summed E-state index contributed by atoms with van der Waals surface area (Å²) in [6.07, 6.45) is 12.1. The van der Waals surface area contributed by atoms with E-state index in [-0.39, 0.29) is 5.91 Å². The van der Waals surface area contributed by atoms with E-state index in [0.29, 0.717) is 42.3 Å². The Balaban J connectivity index is 0.869. The van der Waals surface area contributed by atoms with Crippen LogP contribution in [0.3, 0.4) is 0 Å². The third-order valence-electron chi connectivity index (χ3n) is 9.75. The predicted molar refractivity (Wildman–Crippen MR) is 141 cm³/mol. The summed E-state index contributed by atoms with van der Waals surface area (Å²) in [5, 5.41) is 8.17. The van der Waals surface area contributed by atoms with Crippen molar-refractivity contribution in [1.82, 2.24) is 10.3 Å². The first-order chi connectivity index (χ1) is 18.0. The molecule has 5 saturated carbocycles. The minimum Gasteiger partial charge on any atom is -0.383 e. The van der Waals surface area contributed by atoms with Crippen LogP contribution in [0.15, 0.2) is 30.5 Å². The van der Waals surface area contributed by atoms with E-state index in [2.05, 4.69) is 15.6 Å². The van der Waals surface area contributed by atoms with Crippen molar-refractivity contribution in [3.63, 3.8) is 0 Å². The number of nitrogens with one attached hydrogen (secondary N) is 2. The fourth-order valence-corrected chi connectivity index (χ4v) is 8.29. The summed E-state index contributed by atoms with van der Waals surface area (Å²) < 4.78 is 6.80. The van der Waals surface area contributed by atoms with E-state index in [0.717, 1.165) is 54.1 Å². The van der Waals surface area contributed by atoms with Gasteiger partial charge in [0.2, 0.25) is 17.5 Å². The molecule has 1 aromatic carbocycles. The molecule has 2 aromatic rings. The number of halogens is 1. The lowest BCUT2D eigenvalue weighted by Gasteiger charge is -2.57. The summed E-state index contributed by atoms with van der Waals surface area (Å²) in [6, 6.07) is 7.63. The molecule has 1 saturated heterocycles. The van der Waals surface area contributed by atoms with E-state index in [1.165, 1.54) is 32.1 Å². The molecule has 0 atom stereocenters. The summed E-state index contributed by atoms with van der Waals surface area (Å²) in [5.41, 5.74) is 1.84. The standard InChI is InChI=1S/C29H36ClN3O4/c30-23-1-2-24-25(5-8-31-26(24)17-23)32-9-10-33-27(34)16-18-3-6-28(7-4-18)35-29(37-36-28)21-12-19-11-20(14-21)15-22(29)13-19/h1-2,5,8,17-22H,3-4,6-7,9-16H2,(H,31,32)(H,33,34). The third kappa shape index (κ3) is 4.42. The second-order valence-electron chi connectivity index (χ2n) is 12.1. The molecule has 5 aliphatic carbocycles. The maximum absolute atomic E-state index is 12.6. The highest BCUT2D eigenvalue weighted by atomic mass is 35.5. The Hall–Kier alpha value is -1.93. The largest absolute Gasteiger partial charge is 0.383 e. The lowest BCUT2D eigenvalue weighted by molar-refractivity contribution is -0.390. The van der Waals surface area contributed by atoms with E-state index in [1.807, 2.05) is 24.3 Å². The summed E-state index contributed by atoms with van der Waals surface area (Å²) in [7, 11) is 0. The molecule has 1 aliphatic heterocycles. The minimum absolute atomic E-state index is 0.108. The molecule has 0 unspecified atom stereocenters. The number of aromatic nitrogens is 1. The molecule has 198 valence electrons. The van der Waals surface area contributed by atoms with Gasteiger partial charge in [-0.3, -0.25) is 9.78 Å². The fourth-order valence-electron chi connectivity index (χ4n) is 8.13. The second-order valence-corrected chi connectivity index (χ2v) is 12.6. The first kappa shape index (κ1) is 24.1. The highest BCUT2D eigenvalue weighted by Gasteiger charge is 2.66. The van der Waals surface area contributed by atoms with Crippen molar-refractivity contribution in [2.75, 3.05) is 18.4 Å². The number of hydrogen-bond donors (Lipinski definition) is 2. The van der Waals surface area contributed by atoms with Crippen molar-refractivity contribution >= 4 is 34.1 Å². The number of carbonyl (C=O) groups is 1. The number of nitrogens with zero attached hydrogens (tertiary/aromatic N) is 1. The number of ether oxygens (including phenoxy) is 1. The lowest BCUT2D eigenvalue weighted by atomic mass is 9.53. The zero-order valence-electron chi connectivity index (χ0n) is 21.2. The maximum Gasteiger partial charge on any atom is 0.220 e. The van der Waals surface area contributed by atoms with Crippen LogP contribution in [0, 0.1) is 29.6 Å². The molecule has 8 heteroatoms. The number of rotatable bonds is 6. The quantitative estimate of drug-likeness (QED) is 0.365. The number of hydrogen-bond acceptors (Lipinski definition) is 6. The van der Waals surface area contributed by atoms with Gasteiger partial charge in [-0.05, 0) is 87.0 Å². The number of pyridine rings is 1. The van der Waals surface area contributed by atoms with Crippen LogP contribution in [0.25, 0.3) is 10.9 Å². The van der Waals surface area contributed by atoms with Gasteiger partial charge in [-0.25, -0.2) is 0 Å². The molecule has 4 bridgehead atoms. The average Bonchev–Trinajstić information content (AvgIpc) is 3.26. The molecule has 6 fully saturated rings. The van der Waals surface area contributed by atoms with Gasteiger partial charge in [0.15, 0.2) is 0 Å². The van der Waals surface area contributed by atoms with E-state index >= 15 is 0 Å². The van der Waals surface area contributed by atoms with E-state index < -0.39 is 11.6 Å². The molecule has 6 aliphatic rings. The molecule has 7 nitrogen and oxygen atoms in total. The van der Waals surface area contributed by atoms with Gasteiger partial charge < -0.3 is 15.4 Å². The molecule has 37 heavy (non-hydrogen) atoms. The van der Waals surface area contributed by atoms with Gasteiger partial charge in [-0.2, -0.15) is 9.78 Å². The summed E-state index contributed by atoms with van der Waals surface area (Å²) in [5.74, 6) is 2.06. The van der Waals surface area contributed by atoms with Crippen molar-refractivity contribution < 1.29 is 19.3 Å². The van der Waals surface area contributed by atoms with Crippen LogP contribution in [0.1, 0.15) is 64.2 Å². The molecule has 2 N–H and O–H groups in total. The molecule has 8 rings (SSSR count). The Morgan fingerprint density at radius 1 is 1.00 bits per heavy atom. The summed E-state index contributed by atoms with van der Waals surface area (Å²) in [6.45, 7) is 1.21. The number of anilines is 1. The highest BCUT2D eigenvalue weighted by molar-refractivity contribution is 6.31. The first-order valence-corrected chi connectivity index (χ1v) is 14.5. The van der Waals surface area contributed by atoms with Crippen LogP contribution in [0.5, 0.6) is 0 Å². The molecule has 1 aromatic heterocycles. The summed E-state index contributed by atoms with van der Waals surface area (Å²) in [4.78, 5) is 29.2. The number of fused-ring (bicyclic) bond motifs is 1. The number of benzene rings is 1. The van der Waals surface area contributed by atoms with Gasteiger partial charge in [0.25, 0.3) is 0 Å². The Bertz CT molecular complexity index is 1150. The Morgan fingerprint density at radius 3 is 2.51 bits per heavy atom. The molecule has 0 radical (unpaired) electrons. The summed E-state index contributed by atoms with van der Waals surface area (Å²) >= 11 is 6.08. The van der Waals surface area contributed by atoms with Crippen LogP contribution >= 0.6 is 11.6 Å². The van der Waals surface area contributed by atoms with E-state index in [4.69, 9.17) is 26.1 Å². The average molecular weight is 526 g/mol. The van der Waals surface area contributed by atoms with Gasteiger partial charge in [0.1, 0.15) is 0 Å². The van der Waals surface area contributed by atoms with Crippen molar-refractivity contribution in [2.24, 2.45) is 29.6 Å². The van der Waals surface area contributed by atoms with Crippen LogP contribution in [0.4, 0.5) is 5.69 Å². The van der Waals surface area contributed by atoms with Crippen LogP contribution in [-0.2, 0) is 19.3 Å². The van der Waals surface area contributed by atoms with E-state index in [9.17, 15) is 4.79 Å². The Kier molecular flexibility index (Phi) is 6.11. The molecule has 2 heterocycles. The SMILES string of the molecule is O=C(CC1CCC2(CC1)OOC1(O2)C2CC3CC(C2)CC1C3)NCCNc1ccnc2cc(Cl)ccc12. The zero-order chi connectivity index (χ0) is 25.0. The van der Waals surface area contributed by atoms with Gasteiger partial charge in [-0.15, -0.1) is 0 Å². The van der Waals surface area contributed by atoms with Crippen LogP contribution in [-0.4, -0.2) is 35.6 Å². The fraction of sp³-hybridized carbons (Fsp3) is 0.655. The topological polar surface area (TPSA) is 81.7 Å².